The maximum atomic E-state index is 11.9. The molecule has 1 fully saturated rings. The maximum Gasteiger partial charge on any atom is 0.244 e. The number of hydrogen-bond acceptors (Lipinski definition) is 3. The lowest BCUT2D eigenvalue weighted by molar-refractivity contribution is -0.132. The number of amides is 2. The Hall–Kier alpha value is -1.59. The first-order valence-electron chi connectivity index (χ1n) is 6.43. The predicted octanol–water partition coefficient (Wildman–Crippen LogP) is 0.325. The minimum absolute atomic E-state index is 0. The summed E-state index contributed by atoms with van der Waals surface area (Å²) in [7, 11) is 1.73. The van der Waals surface area contributed by atoms with E-state index in [1.54, 1.807) is 11.9 Å². The Morgan fingerprint density at radius 3 is 2.65 bits per heavy atom. The third-order valence-electron chi connectivity index (χ3n) is 3.38. The molecule has 5 nitrogen and oxygen atoms in total. The number of rotatable bonds is 4. The highest BCUT2D eigenvalue weighted by Gasteiger charge is 2.31. The molecule has 1 aromatic rings. The number of carbonyl (C=O) groups excluding carboxylic acids is 2. The largest absolute Gasteiger partial charge is 0.344 e. The summed E-state index contributed by atoms with van der Waals surface area (Å²) in [5.41, 5.74) is 6.88. The van der Waals surface area contributed by atoms with Gasteiger partial charge in [0.25, 0.3) is 0 Å². The van der Waals surface area contributed by atoms with Crippen molar-refractivity contribution >= 4 is 24.2 Å². The van der Waals surface area contributed by atoms with Crippen molar-refractivity contribution in [2.75, 3.05) is 13.6 Å². The van der Waals surface area contributed by atoms with Gasteiger partial charge in [-0.3, -0.25) is 9.59 Å². The third-order valence-corrected chi connectivity index (χ3v) is 3.38. The highest BCUT2D eigenvalue weighted by atomic mass is 35.5. The van der Waals surface area contributed by atoms with E-state index in [9.17, 15) is 9.59 Å². The number of benzene rings is 1. The third kappa shape index (κ3) is 3.95. The number of nitrogens with one attached hydrogen (secondary N) is 1. The average Bonchev–Trinajstić information content (AvgIpc) is 2.72. The zero-order valence-corrected chi connectivity index (χ0v) is 12.2. The van der Waals surface area contributed by atoms with Crippen LogP contribution in [0.25, 0.3) is 0 Å². The van der Waals surface area contributed by atoms with Gasteiger partial charge in [-0.15, -0.1) is 12.4 Å². The van der Waals surface area contributed by atoms with Gasteiger partial charge in [-0.1, -0.05) is 30.3 Å². The molecule has 3 N–H and O–H groups in total. The Bertz CT molecular complexity index is 467. The monoisotopic (exact) mass is 297 g/mol. The molecule has 0 aromatic heterocycles. The first-order chi connectivity index (χ1) is 9.08. The summed E-state index contributed by atoms with van der Waals surface area (Å²) in [5.74, 6) is -0.308. The SMILES string of the molecule is CN1CCC(NC(=O)[C@@H](N)Cc2ccccc2)C1=O.Cl. The van der Waals surface area contributed by atoms with Crippen molar-refractivity contribution < 1.29 is 9.59 Å². The molecule has 0 radical (unpaired) electrons. The van der Waals surface area contributed by atoms with E-state index in [1.807, 2.05) is 30.3 Å². The Labute approximate surface area is 124 Å². The second kappa shape index (κ2) is 7.26. The molecule has 0 aliphatic carbocycles. The molecule has 1 aromatic carbocycles. The molecular formula is C14H20ClN3O2. The minimum atomic E-state index is -0.624. The molecule has 2 atom stereocenters. The van der Waals surface area contributed by atoms with Crippen molar-refractivity contribution in [2.45, 2.75) is 24.9 Å². The van der Waals surface area contributed by atoms with Crippen LogP contribution in [0, 0.1) is 0 Å². The standard InChI is InChI=1S/C14H19N3O2.ClH/c1-17-8-7-12(14(17)19)16-13(18)11(15)9-10-5-3-2-4-6-10;/h2-6,11-12H,7-9,15H2,1H3,(H,16,18);1H/t11-,12?;/m0./s1. The van der Waals surface area contributed by atoms with E-state index >= 15 is 0 Å². The highest BCUT2D eigenvalue weighted by molar-refractivity contribution is 5.90. The molecule has 1 aliphatic rings. The smallest absolute Gasteiger partial charge is 0.244 e. The molecule has 2 rings (SSSR count). The van der Waals surface area contributed by atoms with Crippen LogP contribution in [0.3, 0.4) is 0 Å². The van der Waals surface area contributed by atoms with Crippen molar-refractivity contribution in [1.82, 2.24) is 10.2 Å². The number of nitrogens with zero attached hydrogens (tertiary/aromatic N) is 1. The molecular weight excluding hydrogens is 278 g/mol. The fraction of sp³-hybridized carbons (Fsp3) is 0.429. The molecule has 0 saturated carbocycles. The molecule has 0 bridgehead atoms. The molecule has 2 amide bonds. The van der Waals surface area contributed by atoms with E-state index in [4.69, 9.17) is 5.73 Å². The second-order valence-electron chi connectivity index (χ2n) is 4.91. The van der Waals surface area contributed by atoms with Crippen LogP contribution in [-0.2, 0) is 16.0 Å². The lowest BCUT2D eigenvalue weighted by atomic mass is 10.1. The van der Waals surface area contributed by atoms with Gasteiger partial charge in [0.1, 0.15) is 6.04 Å². The zero-order chi connectivity index (χ0) is 13.8. The molecule has 20 heavy (non-hydrogen) atoms. The molecule has 110 valence electrons. The van der Waals surface area contributed by atoms with Crippen molar-refractivity contribution in [3.63, 3.8) is 0 Å². The van der Waals surface area contributed by atoms with Crippen LogP contribution in [0.5, 0.6) is 0 Å². The van der Waals surface area contributed by atoms with Crippen LogP contribution in [0.2, 0.25) is 0 Å². The van der Waals surface area contributed by atoms with Crippen molar-refractivity contribution in [1.29, 1.82) is 0 Å². The Kier molecular flexibility index (Phi) is 5.98. The summed E-state index contributed by atoms with van der Waals surface area (Å²) in [6, 6.07) is 8.57. The number of likely N-dealkylation sites (N-methyl/N-ethyl adjacent to an activating group) is 1. The van der Waals surface area contributed by atoms with E-state index in [2.05, 4.69) is 5.32 Å². The summed E-state index contributed by atoms with van der Waals surface area (Å²) in [5, 5.41) is 2.72. The fourth-order valence-electron chi connectivity index (χ4n) is 2.20. The van der Waals surface area contributed by atoms with Crippen LogP contribution in [0.4, 0.5) is 0 Å². The molecule has 1 heterocycles. The summed E-state index contributed by atoms with van der Waals surface area (Å²) >= 11 is 0. The fourth-order valence-corrected chi connectivity index (χ4v) is 2.20. The summed E-state index contributed by atoms with van der Waals surface area (Å²) < 4.78 is 0. The zero-order valence-electron chi connectivity index (χ0n) is 11.4. The van der Waals surface area contributed by atoms with Gasteiger partial charge in [-0.2, -0.15) is 0 Å². The Morgan fingerprint density at radius 2 is 2.10 bits per heavy atom. The Morgan fingerprint density at radius 1 is 1.45 bits per heavy atom. The van der Waals surface area contributed by atoms with E-state index in [0.29, 0.717) is 19.4 Å². The van der Waals surface area contributed by atoms with E-state index in [0.717, 1.165) is 5.56 Å². The first-order valence-corrected chi connectivity index (χ1v) is 6.43. The van der Waals surface area contributed by atoms with Crippen LogP contribution in [-0.4, -0.2) is 42.4 Å². The number of likely N-dealkylation sites (tertiary alicyclic amines) is 1. The molecule has 1 saturated heterocycles. The molecule has 1 aliphatic heterocycles. The van der Waals surface area contributed by atoms with Gasteiger partial charge >= 0.3 is 0 Å². The maximum absolute atomic E-state index is 11.9. The number of hydrogen-bond donors (Lipinski definition) is 2. The number of halogens is 1. The van der Waals surface area contributed by atoms with Crippen LogP contribution in [0.15, 0.2) is 30.3 Å². The van der Waals surface area contributed by atoms with Gasteiger partial charge < -0.3 is 16.0 Å². The predicted molar refractivity (Wildman–Crippen MR) is 79.6 cm³/mol. The van der Waals surface area contributed by atoms with Crippen molar-refractivity contribution in [3.8, 4) is 0 Å². The summed E-state index contributed by atoms with van der Waals surface area (Å²) in [6.45, 7) is 0.678. The topological polar surface area (TPSA) is 75.4 Å². The van der Waals surface area contributed by atoms with Crippen LogP contribution >= 0.6 is 12.4 Å². The quantitative estimate of drug-likeness (QED) is 0.841. The number of carbonyl (C=O) groups is 2. The van der Waals surface area contributed by atoms with Crippen molar-refractivity contribution in [3.05, 3.63) is 35.9 Å². The molecule has 1 unspecified atom stereocenters. The summed E-state index contributed by atoms with van der Waals surface area (Å²) in [6.07, 6.45) is 1.13. The van der Waals surface area contributed by atoms with E-state index in [-0.39, 0.29) is 24.2 Å². The molecule has 6 heteroatoms. The first kappa shape index (κ1) is 16.5. The highest BCUT2D eigenvalue weighted by Crippen LogP contribution is 2.09. The summed E-state index contributed by atoms with van der Waals surface area (Å²) in [4.78, 5) is 25.3. The normalized spacial score (nSPS) is 19.4. The van der Waals surface area contributed by atoms with E-state index < -0.39 is 12.1 Å². The van der Waals surface area contributed by atoms with Gasteiger partial charge in [-0.25, -0.2) is 0 Å². The van der Waals surface area contributed by atoms with Crippen LogP contribution < -0.4 is 11.1 Å². The van der Waals surface area contributed by atoms with Gasteiger partial charge in [0.2, 0.25) is 11.8 Å². The van der Waals surface area contributed by atoms with Crippen LogP contribution in [0.1, 0.15) is 12.0 Å². The average molecular weight is 298 g/mol. The van der Waals surface area contributed by atoms with Gasteiger partial charge in [0.15, 0.2) is 0 Å². The minimum Gasteiger partial charge on any atom is -0.344 e. The van der Waals surface area contributed by atoms with Gasteiger partial charge in [0, 0.05) is 13.6 Å². The Balaban J connectivity index is 0.00000200. The molecule has 0 spiro atoms. The lowest BCUT2D eigenvalue weighted by Gasteiger charge is -2.16. The second-order valence-corrected chi connectivity index (χ2v) is 4.91. The van der Waals surface area contributed by atoms with Crippen molar-refractivity contribution in [2.24, 2.45) is 5.73 Å². The number of nitrogens with two attached hydrogens (primary N) is 1. The van der Waals surface area contributed by atoms with Gasteiger partial charge in [-0.05, 0) is 18.4 Å². The van der Waals surface area contributed by atoms with E-state index in [1.165, 1.54) is 0 Å². The lowest BCUT2D eigenvalue weighted by Crippen LogP contribution is -2.48. The van der Waals surface area contributed by atoms with Gasteiger partial charge in [0.05, 0.1) is 6.04 Å².